The summed E-state index contributed by atoms with van der Waals surface area (Å²) in [6.07, 6.45) is 6.22. The monoisotopic (exact) mass is 514 g/mol. The summed E-state index contributed by atoms with van der Waals surface area (Å²) in [6.45, 7) is 14.2. The molecule has 0 heterocycles. The molecule has 0 aliphatic heterocycles. The minimum atomic E-state index is -0.982. The lowest BCUT2D eigenvalue weighted by molar-refractivity contribution is -0.198. The van der Waals surface area contributed by atoms with Gasteiger partial charge in [0, 0.05) is 24.8 Å². The van der Waals surface area contributed by atoms with Gasteiger partial charge in [-0.1, -0.05) is 39.3 Å². The molecule has 0 aromatic rings. The van der Waals surface area contributed by atoms with Gasteiger partial charge in [-0.05, 0) is 98.4 Å². The summed E-state index contributed by atoms with van der Waals surface area (Å²) in [5, 5.41) is 20.9. The molecule has 4 saturated carbocycles. The Hall–Kier alpha value is -1.95. The molecule has 9 atom stereocenters. The molecule has 0 spiro atoms. The van der Waals surface area contributed by atoms with Crippen LogP contribution in [-0.2, 0) is 19.1 Å². The zero-order valence-electron chi connectivity index (χ0n) is 23.7. The fourth-order valence-electron chi connectivity index (χ4n) is 9.47. The quantitative estimate of drug-likeness (QED) is 0.270. The van der Waals surface area contributed by atoms with Crippen molar-refractivity contribution in [1.82, 2.24) is 0 Å². The summed E-state index contributed by atoms with van der Waals surface area (Å²) in [5.74, 6) is -1.14. The normalized spacial score (nSPS) is 44.3. The van der Waals surface area contributed by atoms with Gasteiger partial charge in [0.2, 0.25) is 0 Å². The molecule has 0 unspecified atom stereocenters. The van der Waals surface area contributed by atoms with E-state index in [0.29, 0.717) is 43.3 Å². The molecule has 2 N–H and O–H groups in total. The van der Waals surface area contributed by atoms with E-state index < -0.39 is 18.0 Å². The number of ketones is 1. The number of carboxylic acid groups (broad SMARTS) is 1. The highest BCUT2D eigenvalue weighted by Crippen LogP contribution is 2.73. The Morgan fingerprint density at radius 3 is 2.35 bits per heavy atom. The van der Waals surface area contributed by atoms with Gasteiger partial charge in [-0.25, -0.2) is 4.79 Å². The van der Waals surface area contributed by atoms with E-state index in [1.54, 1.807) is 0 Å². The first-order valence-electron chi connectivity index (χ1n) is 14.1. The number of esters is 1. The number of carboxylic acids is 1. The van der Waals surface area contributed by atoms with Crippen molar-refractivity contribution in [3.63, 3.8) is 0 Å². The second kappa shape index (κ2) is 9.66. The second-order valence-corrected chi connectivity index (χ2v) is 13.5. The zero-order chi connectivity index (χ0) is 27.5. The predicted octanol–water partition coefficient (Wildman–Crippen LogP) is 5.87. The standard InChI is InChI=1S/C31H46O6/c1-17(2)9-8-10-20(28(35)36)26-22-15-24(34)27-29(5)13-12-23(33)18(3)21(29)11-14-30(27,6)31(22,7)16-25(26)37-19(4)32/h9,18,21-23,25,27,33H,8,10-16H2,1-7H3,(H,35,36)/t18-,21+,22+,23-,25+,27+,29+,30+,31+/m1/s1. The van der Waals surface area contributed by atoms with Gasteiger partial charge in [0.1, 0.15) is 11.9 Å². The average Bonchev–Trinajstić information content (AvgIpc) is 3.05. The van der Waals surface area contributed by atoms with E-state index in [1.165, 1.54) is 6.92 Å². The molecule has 0 aromatic heterocycles. The van der Waals surface area contributed by atoms with Crippen molar-refractivity contribution in [2.75, 3.05) is 0 Å². The number of carbonyl (C=O) groups excluding carboxylic acids is 2. The van der Waals surface area contributed by atoms with Gasteiger partial charge in [0.05, 0.1) is 6.10 Å². The molecule has 4 rings (SSSR count). The first-order chi connectivity index (χ1) is 17.2. The van der Waals surface area contributed by atoms with Crippen LogP contribution in [0.4, 0.5) is 0 Å². The Morgan fingerprint density at radius 1 is 1.08 bits per heavy atom. The average molecular weight is 515 g/mol. The summed E-state index contributed by atoms with van der Waals surface area (Å²) in [6, 6.07) is 0. The molecule has 0 aromatic carbocycles. The molecular weight excluding hydrogens is 468 g/mol. The van der Waals surface area contributed by atoms with Crippen molar-refractivity contribution in [3.05, 3.63) is 22.8 Å². The van der Waals surface area contributed by atoms with Crippen molar-refractivity contribution in [2.45, 2.75) is 112 Å². The van der Waals surface area contributed by atoms with Crippen LogP contribution >= 0.6 is 0 Å². The number of ether oxygens (including phenoxy) is 1. The van der Waals surface area contributed by atoms with Gasteiger partial charge in [0.15, 0.2) is 0 Å². The van der Waals surface area contributed by atoms with Gasteiger partial charge in [-0.2, -0.15) is 0 Å². The largest absolute Gasteiger partial charge is 0.478 e. The molecule has 4 fully saturated rings. The Morgan fingerprint density at radius 2 is 1.76 bits per heavy atom. The Bertz CT molecular complexity index is 1040. The number of aliphatic carboxylic acids is 1. The molecule has 0 radical (unpaired) electrons. The van der Waals surface area contributed by atoms with Crippen LogP contribution in [0.15, 0.2) is 22.8 Å². The highest BCUT2D eigenvalue weighted by molar-refractivity contribution is 5.90. The Labute approximate surface area is 221 Å². The molecule has 4 aliphatic carbocycles. The van der Waals surface area contributed by atoms with E-state index >= 15 is 0 Å². The van der Waals surface area contributed by atoms with Gasteiger partial charge in [-0.3, -0.25) is 9.59 Å². The van der Waals surface area contributed by atoms with Crippen LogP contribution in [-0.4, -0.2) is 40.1 Å². The van der Waals surface area contributed by atoms with E-state index in [0.717, 1.165) is 24.8 Å². The van der Waals surface area contributed by atoms with Gasteiger partial charge < -0.3 is 14.9 Å². The molecule has 4 aliphatic rings. The van der Waals surface area contributed by atoms with Crippen molar-refractivity contribution in [3.8, 4) is 0 Å². The highest BCUT2D eigenvalue weighted by Gasteiger charge is 2.71. The number of carbonyl (C=O) groups is 3. The third-order valence-electron chi connectivity index (χ3n) is 11.3. The number of hydrogen-bond acceptors (Lipinski definition) is 5. The summed E-state index contributed by atoms with van der Waals surface area (Å²) >= 11 is 0. The van der Waals surface area contributed by atoms with Crippen LogP contribution in [0.25, 0.3) is 0 Å². The van der Waals surface area contributed by atoms with E-state index in [4.69, 9.17) is 4.74 Å². The summed E-state index contributed by atoms with van der Waals surface area (Å²) in [5.41, 5.74) is 1.19. The molecule has 0 amide bonds. The van der Waals surface area contributed by atoms with Gasteiger partial charge >= 0.3 is 11.9 Å². The number of hydrogen-bond donors (Lipinski definition) is 2. The lowest BCUT2D eigenvalue weighted by Crippen LogP contribution is -2.64. The fraction of sp³-hybridized carbons (Fsp3) is 0.774. The van der Waals surface area contributed by atoms with Crippen LogP contribution in [0.5, 0.6) is 0 Å². The lowest BCUT2D eigenvalue weighted by Gasteiger charge is -2.66. The van der Waals surface area contributed by atoms with Crippen molar-refractivity contribution in [2.24, 2.45) is 39.9 Å². The third-order valence-corrected chi connectivity index (χ3v) is 11.3. The summed E-state index contributed by atoms with van der Waals surface area (Å²) < 4.78 is 5.84. The second-order valence-electron chi connectivity index (χ2n) is 13.5. The smallest absolute Gasteiger partial charge is 0.331 e. The minimum absolute atomic E-state index is 0.147. The fourth-order valence-corrected chi connectivity index (χ4v) is 9.47. The van der Waals surface area contributed by atoms with Crippen LogP contribution in [0.3, 0.4) is 0 Å². The number of fused-ring (bicyclic) bond motifs is 5. The van der Waals surface area contributed by atoms with Crippen LogP contribution in [0.2, 0.25) is 0 Å². The van der Waals surface area contributed by atoms with Gasteiger partial charge in [-0.15, -0.1) is 0 Å². The number of aliphatic hydroxyl groups is 1. The van der Waals surface area contributed by atoms with E-state index in [-0.39, 0.29) is 51.8 Å². The first kappa shape index (κ1) is 28.1. The predicted molar refractivity (Wildman–Crippen MR) is 142 cm³/mol. The topological polar surface area (TPSA) is 101 Å². The van der Waals surface area contributed by atoms with Crippen molar-refractivity contribution < 1.29 is 29.3 Å². The van der Waals surface area contributed by atoms with Crippen LogP contribution in [0, 0.1) is 39.9 Å². The maximum atomic E-state index is 14.2. The SMILES string of the molecule is CC(=O)O[C@H]1C[C@@]2(C)[C@@H](CC(=O)[C@H]3[C@@]4(C)CC[C@@H](O)[C@H](C)[C@@H]4CC[C@@]32C)C1=C(CCC=C(C)C)C(=O)O. The van der Waals surface area contributed by atoms with Crippen LogP contribution in [0.1, 0.15) is 99.8 Å². The van der Waals surface area contributed by atoms with E-state index in [2.05, 4.69) is 27.7 Å². The molecular formula is C31H46O6. The zero-order valence-corrected chi connectivity index (χ0v) is 23.7. The van der Waals surface area contributed by atoms with Crippen molar-refractivity contribution in [1.29, 1.82) is 0 Å². The van der Waals surface area contributed by atoms with Gasteiger partial charge in [0.25, 0.3) is 0 Å². The minimum Gasteiger partial charge on any atom is -0.478 e. The third kappa shape index (κ3) is 4.31. The summed E-state index contributed by atoms with van der Waals surface area (Å²) in [7, 11) is 0. The Kier molecular flexibility index (Phi) is 7.33. The molecule has 0 saturated heterocycles. The number of allylic oxidation sites excluding steroid dienone is 2. The maximum Gasteiger partial charge on any atom is 0.331 e. The molecule has 0 bridgehead atoms. The highest BCUT2D eigenvalue weighted by atomic mass is 16.5. The molecule has 206 valence electrons. The lowest BCUT2D eigenvalue weighted by atomic mass is 9.37. The number of rotatable bonds is 5. The molecule has 37 heavy (non-hydrogen) atoms. The Balaban J connectivity index is 1.83. The molecule has 6 nitrogen and oxygen atoms in total. The van der Waals surface area contributed by atoms with E-state index in [1.807, 2.05) is 19.9 Å². The maximum absolute atomic E-state index is 14.2. The van der Waals surface area contributed by atoms with E-state index in [9.17, 15) is 24.6 Å². The summed E-state index contributed by atoms with van der Waals surface area (Å²) in [4.78, 5) is 39.0. The number of Topliss-reactive ketones (excluding diaryl/α,β-unsaturated/α-hetero) is 1. The first-order valence-corrected chi connectivity index (χ1v) is 14.1. The number of aliphatic hydroxyl groups excluding tert-OH is 1. The van der Waals surface area contributed by atoms with Crippen LogP contribution < -0.4 is 0 Å². The van der Waals surface area contributed by atoms with Crippen molar-refractivity contribution >= 4 is 17.7 Å². The molecule has 6 heteroatoms.